The first-order valence-corrected chi connectivity index (χ1v) is 7.63. The summed E-state index contributed by atoms with van der Waals surface area (Å²) in [5, 5.41) is 13.6. The second kappa shape index (κ2) is 6.91. The second-order valence-corrected chi connectivity index (χ2v) is 5.26. The summed E-state index contributed by atoms with van der Waals surface area (Å²) in [6.07, 6.45) is 0.421. The van der Waals surface area contributed by atoms with Gasteiger partial charge in [-0.15, -0.1) is 5.10 Å². The van der Waals surface area contributed by atoms with Crippen molar-refractivity contribution in [1.82, 2.24) is 15.0 Å². The minimum absolute atomic E-state index is 0.0511. The van der Waals surface area contributed by atoms with Crippen molar-refractivity contribution in [3.63, 3.8) is 0 Å². The summed E-state index contributed by atoms with van der Waals surface area (Å²) in [7, 11) is 0. The Labute approximate surface area is 138 Å². The van der Waals surface area contributed by atoms with Crippen LogP contribution in [0.4, 0.5) is 11.4 Å². The number of nitrogens with one attached hydrogen (secondary N) is 2. The molecule has 0 saturated heterocycles. The Morgan fingerprint density at radius 1 is 0.958 bits per heavy atom. The summed E-state index contributed by atoms with van der Waals surface area (Å²) in [4.78, 5) is 23.5. The molecular weight excluding hydrogens is 306 g/mol. The van der Waals surface area contributed by atoms with Crippen LogP contribution in [0.15, 0.2) is 48.5 Å². The van der Waals surface area contributed by atoms with E-state index in [4.69, 9.17) is 0 Å². The van der Waals surface area contributed by atoms with Crippen molar-refractivity contribution in [1.29, 1.82) is 0 Å². The highest BCUT2D eigenvalue weighted by molar-refractivity contribution is 5.93. The number of rotatable bonds is 5. The monoisotopic (exact) mass is 323 g/mol. The van der Waals surface area contributed by atoms with Crippen LogP contribution in [-0.2, 0) is 16.1 Å². The minimum atomic E-state index is -0.198. The fraction of sp³-hybridized carbons (Fsp3) is 0.176. The third kappa shape index (κ3) is 3.57. The summed E-state index contributed by atoms with van der Waals surface area (Å²) >= 11 is 0. The first kappa shape index (κ1) is 15.7. The Kier molecular flexibility index (Phi) is 4.51. The Balaban J connectivity index is 1.63. The van der Waals surface area contributed by atoms with E-state index in [1.807, 2.05) is 24.3 Å². The standard InChI is InChI=1S/C17H17N5O2/c1-2-16(23)18-12-7-9-13(10-8-12)19-17(24)11-22-15-6-4-3-5-14(15)20-21-22/h3-10H,2,11H2,1H3,(H,18,23)(H,19,24). The molecule has 3 rings (SSSR count). The van der Waals surface area contributed by atoms with Crippen LogP contribution in [0.5, 0.6) is 0 Å². The number of hydrogen-bond donors (Lipinski definition) is 2. The fourth-order valence-corrected chi connectivity index (χ4v) is 2.26. The molecule has 3 aromatic rings. The maximum atomic E-state index is 12.2. The molecule has 1 aromatic heterocycles. The van der Waals surface area contributed by atoms with Crippen molar-refractivity contribution in [3.8, 4) is 0 Å². The molecule has 2 aromatic carbocycles. The Morgan fingerprint density at radius 2 is 1.58 bits per heavy atom. The van der Waals surface area contributed by atoms with Gasteiger partial charge in [0.25, 0.3) is 0 Å². The van der Waals surface area contributed by atoms with Gasteiger partial charge in [0, 0.05) is 17.8 Å². The predicted molar refractivity (Wildman–Crippen MR) is 91.5 cm³/mol. The zero-order valence-corrected chi connectivity index (χ0v) is 13.2. The number of carbonyl (C=O) groups excluding carboxylic acids is 2. The van der Waals surface area contributed by atoms with Gasteiger partial charge in [-0.2, -0.15) is 0 Å². The SMILES string of the molecule is CCC(=O)Nc1ccc(NC(=O)Cn2nnc3ccccc32)cc1. The van der Waals surface area contributed by atoms with Gasteiger partial charge in [0.15, 0.2) is 0 Å². The smallest absolute Gasteiger partial charge is 0.246 e. The number of nitrogens with zero attached hydrogens (tertiary/aromatic N) is 3. The third-order valence-electron chi connectivity index (χ3n) is 3.49. The van der Waals surface area contributed by atoms with Crippen molar-refractivity contribution >= 4 is 34.2 Å². The molecule has 0 aliphatic heterocycles. The molecule has 0 spiro atoms. The molecule has 2 N–H and O–H groups in total. The van der Waals surface area contributed by atoms with Gasteiger partial charge in [-0.3, -0.25) is 9.59 Å². The number of anilines is 2. The van der Waals surface area contributed by atoms with Gasteiger partial charge in [0.05, 0.1) is 5.52 Å². The number of hydrogen-bond acceptors (Lipinski definition) is 4. The molecule has 0 saturated carbocycles. The third-order valence-corrected chi connectivity index (χ3v) is 3.49. The fourth-order valence-electron chi connectivity index (χ4n) is 2.26. The van der Waals surface area contributed by atoms with E-state index in [9.17, 15) is 9.59 Å². The molecule has 0 aliphatic rings. The summed E-state index contributed by atoms with van der Waals surface area (Å²) in [6.45, 7) is 1.87. The zero-order chi connectivity index (χ0) is 16.9. The van der Waals surface area contributed by atoms with E-state index in [0.717, 1.165) is 11.0 Å². The molecule has 122 valence electrons. The molecule has 0 bridgehead atoms. The molecule has 0 fully saturated rings. The first-order chi connectivity index (χ1) is 11.7. The maximum Gasteiger partial charge on any atom is 0.246 e. The first-order valence-electron chi connectivity index (χ1n) is 7.63. The van der Waals surface area contributed by atoms with Crippen LogP contribution in [0.25, 0.3) is 11.0 Å². The topological polar surface area (TPSA) is 88.9 Å². The summed E-state index contributed by atoms with van der Waals surface area (Å²) in [5.74, 6) is -0.249. The van der Waals surface area contributed by atoms with Gasteiger partial charge >= 0.3 is 0 Å². The molecule has 24 heavy (non-hydrogen) atoms. The summed E-state index contributed by atoms with van der Waals surface area (Å²) in [6, 6.07) is 14.4. The van der Waals surface area contributed by atoms with Crippen molar-refractivity contribution < 1.29 is 9.59 Å². The van der Waals surface area contributed by atoms with Gasteiger partial charge < -0.3 is 10.6 Å². The lowest BCUT2D eigenvalue weighted by atomic mass is 10.2. The molecule has 7 nitrogen and oxygen atoms in total. The van der Waals surface area contributed by atoms with E-state index in [0.29, 0.717) is 17.8 Å². The van der Waals surface area contributed by atoms with E-state index in [-0.39, 0.29) is 18.4 Å². The van der Waals surface area contributed by atoms with E-state index >= 15 is 0 Å². The lowest BCUT2D eigenvalue weighted by Crippen LogP contribution is -2.19. The summed E-state index contributed by atoms with van der Waals surface area (Å²) in [5.41, 5.74) is 2.91. The average Bonchev–Trinajstić information content (AvgIpc) is 2.99. The number of carbonyl (C=O) groups is 2. The maximum absolute atomic E-state index is 12.2. The Hall–Kier alpha value is -3.22. The molecule has 0 radical (unpaired) electrons. The summed E-state index contributed by atoms with van der Waals surface area (Å²) < 4.78 is 1.56. The average molecular weight is 323 g/mol. The molecule has 7 heteroatoms. The second-order valence-electron chi connectivity index (χ2n) is 5.26. The largest absolute Gasteiger partial charge is 0.326 e. The molecule has 0 unspecified atom stereocenters. The van der Waals surface area contributed by atoms with Crippen LogP contribution in [0.3, 0.4) is 0 Å². The van der Waals surface area contributed by atoms with Crippen molar-refractivity contribution in [2.45, 2.75) is 19.9 Å². The number of amides is 2. The molecule has 2 amide bonds. The normalized spacial score (nSPS) is 10.5. The van der Waals surface area contributed by atoms with Gasteiger partial charge in [-0.05, 0) is 36.4 Å². The molecule has 0 atom stereocenters. The van der Waals surface area contributed by atoms with E-state index in [1.54, 1.807) is 35.9 Å². The van der Waals surface area contributed by atoms with Crippen LogP contribution >= 0.6 is 0 Å². The highest BCUT2D eigenvalue weighted by Crippen LogP contribution is 2.14. The van der Waals surface area contributed by atoms with E-state index in [1.165, 1.54) is 0 Å². The quantitative estimate of drug-likeness (QED) is 0.754. The number of para-hydroxylation sites is 1. The van der Waals surface area contributed by atoms with Crippen LogP contribution < -0.4 is 10.6 Å². The lowest BCUT2D eigenvalue weighted by Gasteiger charge is -2.07. The number of benzene rings is 2. The highest BCUT2D eigenvalue weighted by Gasteiger charge is 2.09. The van der Waals surface area contributed by atoms with Crippen molar-refractivity contribution in [2.75, 3.05) is 10.6 Å². The van der Waals surface area contributed by atoms with Gasteiger partial charge in [-0.25, -0.2) is 4.68 Å². The van der Waals surface area contributed by atoms with Crippen LogP contribution in [0, 0.1) is 0 Å². The predicted octanol–water partition coefficient (Wildman–Crippen LogP) is 2.42. The Morgan fingerprint density at radius 3 is 2.25 bits per heavy atom. The lowest BCUT2D eigenvalue weighted by molar-refractivity contribution is -0.117. The minimum Gasteiger partial charge on any atom is -0.326 e. The highest BCUT2D eigenvalue weighted by atomic mass is 16.2. The Bertz CT molecular complexity index is 870. The van der Waals surface area contributed by atoms with E-state index < -0.39 is 0 Å². The zero-order valence-electron chi connectivity index (χ0n) is 13.2. The van der Waals surface area contributed by atoms with Gasteiger partial charge in [-0.1, -0.05) is 24.3 Å². The van der Waals surface area contributed by atoms with Gasteiger partial charge in [0.1, 0.15) is 12.1 Å². The molecule has 1 heterocycles. The number of fused-ring (bicyclic) bond motifs is 1. The van der Waals surface area contributed by atoms with E-state index in [2.05, 4.69) is 20.9 Å². The van der Waals surface area contributed by atoms with Crippen LogP contribution in [0.2, 0.25) is 0 Å². The van der Waals surface area contributed by atoms with Crippen molar-refractivity contribution in [3.05, 3.63) is 48.5 Å². The van der Waals surface area contributed by atoms with Crippen LogP contribution in [0.1, 0.15) is 13.3 Å². The van der Waals surface area contributed by atoms with Crippen molar-refractivity contribution in [2.24, 2.45) is 0 Å². The molecule has 0 aliphatic carbocycles. The molecular formula is C17H17N5O2. The van der Waals surface area contributed by atoms with Gasteiger partial charge in [0.2, 0.25) is 11.8 Å². The number of aromatic nitrogens is 3. The van der Waals surface area contributed by atoms with Crippen LogP contribution in [-0.4, -0.2) is 26.8 Å².